The number of ether oxygens (including phenoxy) is 2. The van der Waals surface area contributed by atoms with Crippen LogP contribution in [-0.2, 0) is 4.79 Å². The van der Waals surface area contributed by atoms with Crippen molar-refractivity contribution in [1.29, 1.82) is 0 Å². The fourth-order valence-electron chi connectivity index (χ4n) is 3.34. The fourth-order valence-corrected chi connectivity index (χ4v) is 3.34. The molecule has 0 bridgehead atoms. The molecule has 1 amide bonds. The molecule has 2 aromatic rings. The van der Waals surface area contributed by atoms with Gasteiger partial charge in [0.1, 0.15) is 11.5 Å². The summed E-state index contributed by atoms with van der Waals surface area (Å²) in [6.45, 7) is 8.15. The third kappa shape index (κ3) is 4.85. The van der Waals surface area contributed by atoms with E-state index in [9.17, 15) is 4.79 Å². The Balaban J connectivity index is 1.60. The number of carbonyl (C=O) groups excluding carboxylic acids is 1. The lowest BCUT2D eigenvalue weighted by atomic mass is 10.1. The molecule has 0 spiro atoms. The highest BCUT2D eigenvalue weighted by molar-refractivity contribution is 5.92. The molecule has 0 saturated carbocycles. The highest BCUT2D eigenvalue weighted by Gasteiger charge is 2.21. The Labute approximate surface area is 167 Å². The zero-order valence-electron chi connectivity index (χ0n) is 16.6. The maximum absolute atomic E-state index is 12.6. The molecular formula is C23H28N2O3. The van der Waals surface area contributed by atoms with Crippen molar-refractivity contribution in [3.63, 3.8) is 0 Å². The van der Waals surface area contributed by atoms with Crippen LogP contribution in [0.1, 0.15) is 19.4 Å². The van der Waals surface area contributed by atoms with Crippen molar-refractivity contribution in [1.82, 2.24) is 4.90 Å². The third-order valence-electron chi connectivity index (χ3n) is 4.72. The molecule has 0 N–H and O–H groups in total. The van der Waals surface area contributed by atoms with Crippen LogP contribution < -0.4 is 14.4 Å². The van der Waals surface area contributed by atoms with Gasteiger partial charge in [0.15, 0.2) is 0 Å². The van der Waals surface area contributed by atoms with Gasteiger partial charge < -0.3 is 19.3 Å². The number of nitrogens with zero attached hydrogens (tertiary/aromatic N) is 2. The van der Waals surface area contributed by atoms with Gasteiger partial charge in [0.2, 0.25) is 5.91 Å². The lowest BCUT2D eigenvalue weighted by Gasteiger charge is -2.36. The monoisotopic (exact) mass is 380 g/mol. The second-order valence-corrected chi connectivity index (χ2v) is 6.52. The van der Waals surface area contributed by atoms with E-state index >= 15 is 0 Å². The van der Waals surface area contributed by atoms with Crippen molar-refractivity contribution < 1.29 is 14.3 Å². The van der Waals surface area contributed by atoms with Crippen LogP contribution in [0.2, 0.25) is 0 Å². The van der Waals surface area contributed by atoms with Crippen LogP contribution in [0.15, 0.2) is 54.6 Å². The van der Waals surface area contributed by atoms with Gasteiger partial charge in [0.25, 0.3) is 0 Å². The maximum Gasteiger partial charge on any atom is 0.246 e. The number of amides is 1. The number of para-hydroxylation sites is 3. The molecule has 28 heavy (non-hydrogen) atoms. The molecule has 1 fully saturated rings. The Kier molecular flexibility index (Phi) is 6.95. The first kappa shape index (κ1) is 19.8. The molecule has 1 aliphatic heterocycles. The minimum Gasteiger partial charge on any atom is -0.493 e. The molecule has 1 heterocycles. The molecule has 5 nitrogen and oxygen atoms in total. The Morgan fingerprint density at radius 3 is 2.21 bits per heavy atom. The zero-order chi connectivity index (χ0) is 19.8. The van der Waals surface area contributed by atoms with Crippen LogP contribution in [0.25, 0.3) is 6.08 Å². The molecule has 0 aliphatic carbocycles. The van der Waals surface area contributed by atoms with Crippen LogP contribution in [-0.4, -0.2) is 50.2 Å². The summed E-state index contributed by atoms with van der Waals surface area (Å²) in [5.74, 6) is 1.73. The number of rotatable bonds is 7. The average Bonchev–Trinajstić information content (AvgIpc) is 2.74. The van der Waals surface area contributed by atoms with E-state index in [0.717, 1.165) is 35.8 Å². The summed E-state index contributed by atoms with van der Waals surface area (Å²) < 4.78 is 11.4. The summed E-state index contributed by atoms with van der Waals surface area (Å²) in [6.07, 6.45) is 3.48. The number of hydrogen-bond donors (Lipinski definition) is 0. The van der Waals surface area contributed by atoms with Crippen molar-refractivity contribution in [2.24, 2.45) is 0 Å². The van der Waals surface area contributed by atoms with Crippen LogP contribution in [0, 0.1) is 0 Å². The number of carbonyl (C=O) groups is 1. The molecule has 0 radical (unpaired) electrons. The zero-order valence-corrected chi connectivity index (χ0v) is 16.6. The summed E-state index contributed by atoms with van der Waals surface area (Å²) in [4.78, 5) is 16.8. The molecule has 1 aliphatic rings. The quantitative estimate of drug-likeness (QED) is 0.685. The second kappa shape index (κ2) is 9.83. The third-order valence-corrected chi connectivity index (χ3v) is 4.72. The minimum absolute atomic E-state index is 0.0315. The summed E-state index contributed by atoms with van der Waals surface area (Å²) in [5.41, 5.74) is 2.01. The Morgan fingerprint density at radius 1 is 0.893 bits per heavy atom. The molecule has 2 aromatic carbocycles. The van der Waals surface area contributed by atoms with Gasteiger partial charge in [-0.05, 0) is 38.1 Å². The molecular weight excluding hydrogens is 352 g/mol. The van der Waals surface area contributed by atoms with E-state index in [1.165, 1.54) is 0 Å². The van der Waals surface area contributed by atoms with Crippen molar-refractivity contribution in [2.75, 3.05) is 44.3 Å². The van der Waals surface area contributed by atoms with Gasteiger partial charge >= 0.3 is 0 Å². The second-order valence-electron chi connectivity index (χ2n) is 6.52. The van der Waals surface area contributed by atoms with E-state index in [-0.39, 0.29) is 5.91 Å². The van der Waals surface area contributed by atoms with Gasteiger partial charge in [-0.2, -0.15) is 0 Å². The van der Waals surface area contributed by atoms with E-state index in [4.69, 9.17) is 9.47 Å². The number of hydrogen-bond acceptors (Lipinski definition) is 4. The number of piperazine rings is 1. The Bertz CT molecular complexity index is 811. The smallest absolute Gasteiger partial charge is 0.246 e. The molecule has 148 valence electrons. The summed E-state index contributed by atoms with van der Waals surface area (Å²) in [7, 11) is 0. The summed E-state index contributed by atoms with van der Waals surface area (Å²) in [5, 5.41) is 0. The van der Waals surface area contributed by atoms with Crippen molar-refractivity contribution in [3.05, 3.63) is 60.2 Å². The van der Waals surface area contributed by atoms with Gasteiger partial charge in [-0.1, -0.05) is 30.3 Å². The molecule has 0 atom stereocenters. The van der Waals surface area contributed by atoms with Gasteiger partial charge in [-0.25, -0.2) is 0 Å². The largest absolute Gasteiger partial charge is 0.493 e. The van der Waals surface area contributed by atoms with E-state index < -0.39 is 0 Å². The normalized spacial score (nSPS) is 14.4. The molecule has 1 saturated heterocycles. The maximum atomic E-state index is 12.6. The minimum atomic E-state index is 0.0315. The van der Waals surface area contributed by atoms with Gasteiger partial charge in [-0.15, -0.1) is 0 Å². The first-order valence-corrected chi connectivity index (χ1v) is 9.88. The van der Waals surface area contributed by atoms with Crippen LogP contribution in [0.3, 0.4) is 0 Å². The first-order chi connectivity index (χ1) is 13.7. The Morgan fingerprint density at radius 2 is 1.50 bits per heavy atom. The van der Waals surface area contributed by atoms with Crippen molar-refractivity contribution >= 4 is 17.7 Å². The summed E-state index contributed by atoms with van der Waals surface area (Å²) >= 11 is 0. The topological polar surface area (TPSA) is 42.0 Å². The summed E-state index contributed by atoms with van der Waals surface area (Å²) in [6, 6.07) is 15.8. The highest BCUT2D eigenvalue weighted by atomic mass is 16.5. The Hall–Kier alpha value is -2.95. The van der Waals surface area contributed by atoms with Crippen LogP contribution in [0.4, 0.5) is 5.69 Å². The molecule has 0 aromatic heterocycles. The first-order valence-electron chi connectivity index (χ1n) is 9.88. The lowest BCUT2D eigenvalue weighted by molar-refractivity contribution is -0.126. The molecule has 5 heteroatoms. The van der Waals surface area contributed by atoms with Crippen LogP contribution in [0.5, 0.6) is 11.5 Å². The predicted octanol–water partition coefficient (Wildman–Crippen LogP) is 3.85. The van der Waals surface area contributed by atoms with E-state index in [1.807, 2.05) is 67.3 Å². The van der Waals surface area contributed by atoms with Gasteiger partial charge in [-0.3, -0.25) is 4.79 Å². The van der Waals surface area contributed by atoms with E-state index in [2.05, 4.69) is 11.0 Å². The van der Waals surface area contributed by atoms with Gasteiger partial charge in [0.05, 0.1) is 18.9 Å². The molecule has 3 rings (SSSR count). The van der Waals surface area contributed by atoms with E-state index in [1.54, 1.807) is 6.08 Å². The SMILES string of the molecule is CCOc1ccccc1/C=C/C(=O)N1CCN(c2ccccc2OCC)CC1. The average molecular weight is 380 g/mol. The lowest BCUT2D eigenvalue weighted by Crippen LogP contribution is -2.48. The van der Waals surface area contributed by atoms with E-state index in [0.29, 0.717) is 26.3 Å². The van der Waals surface area contributed by atoms with Crippen molar-refractivity contribution in [3.8, 4) is 11.5 Å². The van der Waals surface area contributed by atoms with Crippen molar-refractivity contribution in [2.45, 2.75) is 13.8 Å². The predicted molar refractivity (Wildman–Crippen MR) is 113 cm³/mol. The fraction of sp³-hybridized carbons (Fsp3) is 0.348. The molecule has 0 unspecified atom stereocenters. The van der Waals surface area contributed by atoms with Gasteiger partial charge in [0, 0.05) is 37.8 Å². The highest BCUT2D eigenvalue weighted by Crippen LogP contribution is 2.29. The standard InChI is InChI=1S/C23H28N2O3/c1-3-27-21-11-7-5-9-19(21)13-14-23(26)25-17-15-24(16-18-25)20-10-6-8-12-22(20)28-4-2/h5-14H,3-4,15-18H2,1-2H3/b14-13+. The number of anilines is 1. The van der Waals surface area contributed by atoms with Crippen LogP contribution >= 0.6 is 0 Å². The number of benzene rings is 2.